The first-order chi connectivity index (χ1) is 10.5. The highest BCUT2D eigenvalue weighted by atomic mass is 16.5. The fourth-order valence-electron chi connectivity index (χ4n) is 1.93. The van der Waals surface area contributed by atoms with Crippen molar-refractivity contribution in [3.8, 4) is 0 Å². The number of carboxylic acids is 1. The highest BCUT2D eigenvalue weighted by molar-refractivity contribution is 6.02. The summed E-state index contributed by atoms with van der Waals surface area (Å²) in [5, 5.41) is 10.5. The SMILES string of the molecule is C=C(CC(=O)O)C(=O)OCC(=O)c1ccc2ccccc2c1. The number of ketones is 1. The first-order valence-corrected chi connectivity index (χ1v) is 6.56. The summed E-state index contributed by atoms with van der Waals surface area (Å²) in [7, 11) is 0. The van der Waals surface area contributed by atoms with Crippen LogP contribution < -0.4 is 0 Å². The summed E-state index contributed by atoms with van der Waals surface area (Å²) in [6.45, 7) is 2.87. The number of esters is 1. The first kappa shape index (κ1) is 15.4. The molecule has 1 N–H and O–H groups in total. The van der Waals surface area contributed by atoms with Gasteiger partial charge in [-0.2, -0.15) is 0 Å². The van der Waals surface area contributed by atoms with E-state index in [0.717, 1.165) is 10.8 Å². The summed E-state index contributed by atoms with van der Waals surface area (Å²) in [5.41, 5.74) is 0.231. The molecule has 2 aromatic carbocycles. The van der Waals surface area contributed by atoms with E-state index in [-0.39, 0.29) is 11.4 Å². The molecule has 0 aliphatic carbocycles. The van der Waals surface area contributed by atoms with Crippen molar-refractivity contribution in [1.29, 1.82) is 0 Å². The number of hydrogen-bond donors (Lipinski definition) is 1. The standard InChI is InChI=1S/C17H14O5/c1-11(8-16(19)20)17(21)22-10-15(18)14-7-6-12-4-2-3-5-13(12)9-14/h2-7,9H,1,8,10H2,(H,19,20). The average Bonchev–Trinajstić information content (AvgIpc) is 2.51. The van der Waals surface area contributed by atoms with Crippen LogP contribution in [0.1, 0.15) is 16.8 Å². The van der Waals surface area contributed by atoms with Crippen LogP contribution in [0.15, 0.2) is 54.6 Å². The second-order valence-electron chi connectivity index (χ2n) is 4.74. The Labute approximate surface area is 126 Å². The van der Waals surface area contributed by atoms with Gasteiger partial charge in [-0.05, 0) is 16.8 Å². The zero-order chi connectivity index (χ0) is 16.1. The molecule has 0 amide bonds. The van der Waals surface area contributed by atoms with Crippen molar-refractivity contribution >= 4 is 28.5 Å². The van der Waals surface area contributed by atoms with Gasteiger partial charge in [0.15, 0.2) is 12.4 Å². The molecule has 112 valence electrons. The van der Waals surface area contributed by atoms with Gasteiger partial charge in [-0.15, -0.1) is 0 Å². The van der Waals surface area contributed by atoms with Gasteiger partial charge in [0, 0.05) is 11.1 Å². The zero-order valence-corrected chi connectivity index (χ0v) is 11.7. The Bertz CT molecular complexity index is 760. The zero-order valence-electron chi connectivity index (χ0n) is 11.7. The predicted molar refractivity (Wildman–Crippen MR) is 80.6 cm³/mol. The van der Waals surface area contributed by atoms with Crippen LogP contribution in [0.3, 0.4) is 0 Å². The van der Waals surface area contributed by atoms with Crippen LogP contribution in [-0.2, 0) is 14.3 Å². The lowest BCUT2D eigenvalue weighted by molar-refractivity contribution is -0.142. The van der Waals surface area contributed by atoms with Gasteiger partial charge in [-0.25, -0.2) is 4.79 Å². The number of hydrogen-bond acceptors (Lipinski definition) is 4. The lowest BCUT2D eigenvalue weighted by Gasteiger charge is -2.06. The molecule has 0 unspecified atom stereocenters. The quantitative estimate of drug-likeness (QED) is 0.503. The van der Waals surface area contributed by atoms with Crippen molar-refractivity contribution in [2.45, 2.75) is 6.42 Å². The van der Waals surface area contributed by atoms with Crippen LogP contribution in [0.25, 0.3) is 10.8 Å². The van der Waals surface area contributed by atoms with Crippen LogP contribution >= 0.6 is 0 Å². The largest absolute Gasteiger partial charge is 0.481 e. The summed E-state index contributed by atoms with van der Waals surface area (Å²) in [4.78, 5) is 34.0. The Morgan fingerprint density at radius 1 is 1.05 bits per heavy atom. The molecule has 0 aliphatic heterocycles. The van der Waals surface area contributed by atoms with Gasteiger partial charge >= 0.3 is 11.9 Å². The third kappa shape index (κ3) is 3.79. The number of Topliss-reactive ketones (excluding diaryl/α,β-unsaturated/α-hetero) is 1. The van der Waals surface area contributed by atoms with Crippen LogP contribution in [-0.4, -0.2) is 29.4 Å². The smallest absolute Gasteiger partial charge is 0.334 e. The summed E-state index contributed by atoms with van der Waals surface area (Å²) >= 11 is 0. The van der Waals surface area contributed by atoms with Crippen molar-refractivity contribution in [2.75, 3.05) is 6.61 Å². The van der Waals surface area contributed by atoms with Gasteiger partial charge in [0.05, 0.1) is 6.42 Å². The molecule has 0 atom stereocenters. The minimum Gasteiger partial charge on any atom is -0.481 e. The molecular weight excluding hydrogens is 284 g/mol. The summed E-state index contributed by atoms with van der Waals surface area (Å²) in [6.07, 6.45) is -0.511. The molecule has 0 saturated heterocycles. The topological polar surface area (TPSA) is 80.7 Å². The van der Waals surface area contributed by atoms with Crippen LogP contribution in [0, 0.1) is 0 Å². The lowest BCUT2D eigenvalue weighted by atomic mass is 10.0. The van der Waals surface area contributed by atoms with Crippen LogP contribution in [0.4, 0.5) is 0 Å². The van der Waals surface area contributed by atoms with E-state index in [9.17, 15) is 14.4 Å². The van der Waals surface area contributed by atoms with Gasteiger partial charge in [-0.1, -0.05) is 43.0 Å². The number of ether oxygens (including phenoxy) is 1. The molecular formula is C17H14O5. The van der Waals surface area contributed by atoms with Gasteiger partial charge in [0.2, 0.25) is 0 Å². The number of carbonyl (C=O) groups excluding carboxylic acids is 2. The second-order valence-corrected chi connectivity index (χ2v) is 4.74. The van der Waals surface area contributed by atoms with E-state index >= 15 is 0 Å². The Balaban J connectivity index is 2.00. The molecule has 0 saturated carbocycles. The summed E-state index contributed by atoms with van der Waals surface area (Å²) in [5.74, 6) is -2.42. The van der Waals surface area contributed by atoms with Crippen molar-refractivity contribution in [3.05, 3.63) is 60.2 Å². The molecule has 2 rings (SSSR count). The van der Waals surface area contributed by atoms with Crippen LogP contribution in [0.5, 0.6) is 0 Å². The Morgan fingerprint density at radius 2 is 1.73 bits per heavy atom. The molecule has 5 nitrogen and oxygen atoms in total. The van der Waals surface area contributed by atoms with E-state index < -0.39 is 25.0 Å². The molecule has 0 aliphatic rings. The molecule has 0 heterocycles. The number of carbonyl (C=O) groups is 3. The van der Waals surface area contributed by atoms with E-state index in [2.05, 4.69) is 6.58 Å². The van der Waals surface area contributed by atoms with Crippen LogP contribution in [0.2, 0.25) is 0 Å². The maximum Gasteiger partial charge on any atom is 0.334 e. The fourth-order valence-corrected chi connectivity index (χ4v) is 1.93. The van der Waals surface area contributed by atoms with E-state index in [1.165, 1.54) is 0 Å². The number of fused-ring (bicyclic) bond motifs is 1. The molecule has 2 aromatic rings. The first-order valence-electron chi connectivity index (χ1n) is 6.56. The third-order valence-electron chi connectivity index (χ3n) is 3.06. The molecule has 0 spiro atoms. The number of carboxylic acid groups (broad SMARTS) is 1. The minimum absolute atomic E-state index is 0.196. The molecule has 0 bridgehead atoms. The monoisotopic (exact) mass is 298 g/mol. The average molecular weight is 298 g/mol. The van der Waals surface area contributed by atoms with Gasteiger partial charge < -0.3 is 9.84 Å². The van der Waals surface area contributed by atoms with Gasteiger partial charge in [0.1, 0.15) is 0 Å². The fraction of sp³-hybridized carbons (Fsp3) is 0.118. The highest BCUT2D eigenvalue weighted by Crippen LogP contribution is 2.16. The summed E-state index contributed by atoms with van der Waals surface area (Å²) < 4.78 is 4.78. The van der Waals surface area contributed by atoms with E-state index in [4.69, 9.17) is 9.84 Å². The van der Waals surface area contributed by atoms with E-state index in [1.807, 2.05) is 30.3 Å². The molecule has 5 heteroatoms. The molecule has 0 fully saturated rings. The number of benzene rings is 2. The summed E-state index contributed by atoms with van der Waals surface area (Å²) in [6, 6.07) is 12.8. The number of aliphatic carboxylic acids is 1. The van der Waals surface area contributed by atoms with E-state index in [1.54, 1.807) is 12.1 Å². The molecule has 22 heavy (non-hydrogen) atoms. The van der Waals surface area contributed by atoms with Crippen molar-refractivity contribution < 1.29 is 24.2 Å². The third-order valence-corrected chi connectivity index (χ3v) is 3.06. The number of rotatable bonds is 6. The Morgan fingerprint density at radius 3 is 2.41 bits per heavy atom. The van der Waals surface area contributed by atoms with E-state index in [0.29, 0.717) is 5.56 Å². The normalized spacial score (nSPS) is 10.2. The van der Waals surface area contributed by atoms with Crippen molar-refractivity contribution in [3.63, 3.8) is 0 Å². The Kier molecular flexibility index (Phi) is 4.68. The maximum absolute atomic E-state index is 12.0. The second kappa shape index (κ2) is 6.67. The molecule has 0 aromatic heterocycles. The highest BCUT2D eigenvalue weighted by Gasteiger charge is 2.15. The maximum atomic E-state index is 12.0. The van der Waals surface area contributed by atoms with Crippen molar-refractivity contribution in [2.24, 2.45) is 0 Å². The minimum atomic E-state index is -1.18. The van der Waals surface area contributed by atoms with Gasteiger partial charge in [-0.3, -0.25) is 9.59 Å². The Hall–Kier alpha value is -2.95. The predicted octanol–water partition coefficient (Wildman–Crippen LogP) is 2.60. The van der Waals surface area contributed by atoms with Crippen molar-refractivity contribution in [1.82, 2.24) is 0 Å². The molecule has 0 radical (unpaired) electrons. The van der Waals surface area contributed by atoms with Gasteiger partial charge in [0.25, 0.3) is 0 Å². The lowest BCUT2D eigenvalue weighted by Crippen LogP contribution is -2.16.